The predicted octanol–water partition coefficient (Wildman–Crippen LogP) is 2.96. The monoisotopic (exact) mass is 474 g/mol. The fraction of sp³-hybridized carbons (Fsp3) is 0.800. The molecular weight excluding hydrogens is 448 g/mol. The lowest BCUT2D eigenvalue weighted by Gasteiger charge is -2.31. The van der Waals surface area contributed by atoms with Crippen molar-refractivity contribution < 1.29 is 13.2 Å². The second-order valence-corrected chi connectivity index (χ2v) is 6.15. The molecule has 0 saturated heterocycles. The van der Waals surface area contributed by atoms with Crippen molar-refractivity contribution in [3.8, 4) is 0 Å². The summed E-state index contributed by atoms with van der Waals surface area (Å²) in [5.41, 5.74) is 0. The third-order valence-corrected chi connectivity index (χ3v) is 4.30. The molecule has 6 nitrogen and oxygen atoms in total. The summed E-state index contributed by atoms with van der Waals surface area (Å²) < 4.78 is 40.5. The number of guanidine groups is 1. The molecule has 0 radical (unpaired) electrons. The highest BCUT2D eigenvalue weighted by atomic mass is 127. The Kier molecular flexibility index (Phi) is 9.51. The Balaban J connectivity index is 0.00000312. The molecule has 1 aromatic heterocycles. The lowest BCUT2D eigenvalue weighted by atomic mass is 9.85. The van der Waals surface area contributed by atoms with Crippen LogP contribution in [0.3, 0.4) is 0 Å². The van der Waals surface area contributed by atoms with Crippen molar-refractivity contribution in [2.24, 2.45) is 10.9 Å². The Hall–Kier alpha value is -1.07. The minimum Gasteiger partial charge on any atom is -0.356 e. The van der Waals surface area contributed by atoms with E-state index in [2.05, 4.69) is 25.8 Å². The average molecular weight is 474 g/mol. The molecule has 2 rings (SSSR count). The van der Waals surface area contributed by atoms with E-state index < -0.39 is 12.1 Å². The second kappa shape index (κ2) is 10.8. The highest BCUT2D eigenvalue weighted by Gasteiger charge is 2.42. The number of aliphatic imine (C=N–C) groups is 1. The van der Waals surface area contributed by atoms with E-state index in [1.807, 2.05) is 4.57 Å². The van der Waals surface area contributed by atoms with Crippen LogP contribution in [0.4, 0.5) is 13.2 Å². The zero-order valence-electron chi connectivity index (χ0n) is 14.3. The number of rotatable bonds is 6. The van der Waals surface area contributed by atoms with Crippen LogP contribution in [0, 0.1) is 5.92 Å². The molecule has 1 aliphatic rings. The molecule has 1 heterocycles. The molecule has 0 amide bonds. The smallest absolute Gasteiger partial charge is 0.356 e. The largest absolute Gasteiger partial charge is 0.391 e. The standard InChI is InChI=1S/C15H25F3N6.HI/c1-19-14(20-7-2-3-8-24-10-21-22-11-24)23-13-6-4-5-12(9-13)15(16,17)18;/h10-13H,2-9H2,1H3,(H2,19,20,23);1H. The van der Waals surface area contributed by atoms with Gasteiger partial charge in [-0.1, -0.05) is 6.42 Å². The van der Waals surface area contributed by atoms with E-state index in [1.54, 1.807) is 19.7 Å². The van der Waals surface area contributed by atoms with Gasteiger partial charge in [-0.15, -0.1) is 34.2 Å². The SMILES string of the molecule is CN=C(NCCCCn1cnnc1)NC1CCCC(C(F)(F)F)C1.I. The molecule has 0 bridgehead atoms. The summed E-state index contributed by atoms with van der Waals surface area (Å²) in [6.07, 6.45) is 2.84. The fourth-order valence-electron chi connectivity index (χ4n) is 2.97. The van der Waals surface area contributed by atoms with Crippen molar-refractivity contribution in [2.45, 2.75) is 57.3 Å². The van der Waals surface area contributed by atoms with E-state index in [-0.39, 0.29) is 42.9 Å². The van der Waals surface area contributed by atoms with Gasteiger partial charge in [0.2, 0.25) is 0 Å². The minimum absolute atomic E-state index is 0. The molecule has 2 atom stereocenters. The van der Waals surface area contributed by atoms with Crippen molar-refractivity contribution >= 4 is 29.9 Å². The van der Waals surface area contributed by atoms with Crippen LogP contribution in [0.1, 0.15) is 38.5 Å². The first-order valence-electron chi connectivity index (χ1n) is 8.35. The van der Waals surface area contributed by atoms with Crippen molar-refractivity contribution in [3.63, 3.8) is 0 Å². The van der Waals surface area contributed by atoms with Gasteiger partial charge in [-0.05, 0) is 32.1 Å². The molecule has 1 fully saturated rings. The molecule has 2 unspecified atom stereocenters. The van der Waals surface area contributed by atoms with Crippen molar-refractivity contribution in [1.29, 1.82) is 0 Å². The molecular formula is C15H26F3IN6. The van der Waals surface area contributed by atoms with Crippen LogP contribution < -0.4 is 10.6 Å². The highest BCUT2D eigenvalue weighted by molar-refractivity contribution is 14.0. The van der Waals surface area contributed by atoms with Crippen molar-refractivity contribution in [2.75, 3.05) is 13.6 Å². The number of hydrogen-bond acceptors (Lipinski definition) is 3. The first-order chi connectivity index (χ1) is 11.5. The van der Waals surface area contributed by atoms with Gasteiger partial charge in [0, 0.05) is 26.2 Å². The number of alkyl halides is 3. The van der Waals surface area contributed by atoms with E-state index in [9.17, 15) is 13.2 Å². The molecule has 2 N–H and O–H groups in total. The van der Waals surface area contributed by atoms with E-state index in [0.717, 1.165) is 32.4 Å². The Morgan fingerprint density at radius 3 is 2.60 bits per heavy atom. The quantitative estimate of drug-likeness (QED) is 0.288. The summed E-state index contributed by atoms with van der Waals surface area (Å²) in [7, 11) is 1.64. The highest BCUT2D eigenvalue weighted by Crippen LogP contribution is 2.37. The van der Waals surface area contributed by atoms with Gasteiger partial charge in [-0.3, -0.25) is 4.99 Å². The molecule has 0 spiro atoms. The Bertz CT molecular complexity index is 506. The Morgan fingerprint density at radius 2 is 1.96 bits per heavy atom. The van der Waals surface area contributed by atoms with Gasteiger partial charge in [0.25, 0.3) is 0 Å². The summed E-state index contributed by atoms with van der Waals surface area (Å²) in [5, 5.41) is 13.8. The predicted molar refractivity (Wildman–Crippen MR) is 101 cm³/mol. The number of unbranched alkanes of at least 4 members (excludes halogenated alkanes) is 1. The summed E-state index contributed by atoms with van der Waals surface area (Å²) in [6, 6.07) is -0.173. The lowest BCUT2D eigenvalue weighted by Crippen LogP contribution is -2.47. The normalized spacial score (nSPS) is 21.5. The number of aromatic nitrogens is 3. The zero-order chi connectivity index (χ0) is 17.4. The number of nitrogens with zero attached hydrogens (tertiary/aromatic N) is 4. The van der Waals surface area contributed by atoms with Gasteiger partial charge in [0.05, 0.1) is 5.92 Å². The van der Waals surface area contributed by atoms with Gasteiger partial charge in [0.1, 0.15) is 12.7 Å². The number of halogens is 4. The van der Waals surface area contributed by atoms with Gasteiger partial charge in [-0.25, -0.2) is 0 Å². The number of hydrogen-bond donors (Lipinski definition) is 2. The Labute approximate surface area is 163 Å². The maximum absolute atomic E-state index is 12.9. The Morgan fingerprint density at radius 1 is 1.24 bits per heavy atom. The van der Waals surface area contributed by atoms with E-state index in [4.69, 9.17) is 0 Å². The summed E-state index contributed by atoms with van der Waals surface area (Å²) >= 11 is 0. The second-order valence-electron chi connectivity index (χ2n) is 6.15. The summed E-state index contributed by atoms with van der Waals surface area (Å²) in [4.78, 5) is 4.10. The third-order valence-electron chi connectivity index (χ3n) is 4.30. The molecule has 25 heavy (non-hydrogen) atoms. The zero-order valence-corrected chi connectivity index (χ0v) is 16.6. The third kappa shape index (κ3) is 7.78. The molecule has 10 heteroatoms. The van der Waals surface area contributed by atoms with Crippen LogP contribution >= 0.6 is 24.0 Å². The molecule has 0 aliphatic heterocycles. The maximum atomic E-state index is 12.9. The van der Waals surface area contributed by atoms with Crippen LogP contribution in [0.15, 0.2) is 17.6 Å². The van der Waals surface area contributed by atoms with Crippen molar-refractivity contribution in [1.82, 2.24) is 25.4 Å². The van der Waals surface area contributed by atoms with Gasteiger partial charge < -0.3 is 15.2 Å². The van der Waals surface area contributed by atoms with E-state index in [1.165, 1.54) is 0 Å². The first-order valence-corrected chi connectivity index (χ1v) is 8.35. The minimum atomic E-state index is -4.10. The van der Waals surface area contributed by atoms with Crippen LogP contribution in [0.2, 0.25) is 0 Å². The first kappa shape index (κ1) is 22.0. The maximum Gasteiger partial charge on any atom is 0.391 e. The molecule has 144 valence electrons. The van der Waals surface area contributed by atoms with Crippen LogP contribution in [0.25, 0.3) is 0 Å². The van der Waals surface area contributed by atoms with Gasteiger partial charge in [-0.2, -0.15) is 13.2 Å². The van der Waals surface area contributed by atoms with Crippen LogP contribution in [0.5, 0.6) is 0 Å². The molecule has 0 aromatic carbocycles. The topological polar surface area (TPSA) is 67.1 Å². The van der Waals surface area contributed by atoms with Gasteiger partial charge in [0.15, 0.2) is 5.96 Å². The van der Waals surface area contributed by atoms with Gasteiger partial charge >= 0.3 is 6.18 Å². The summed E-state index contributed by atoms with van der Waals surface area (Å²) in [5.74, 6) is -0.627. The fourth-order valence-corrected chi connectivity index (χ4v) is 2.97. The number of nitrogens with one attached hydrogen (secondary N) is 2. The van der Waals surface area contributed by atoms with Crippen LogP contribution in [-0.2, 0) is 6.54 Å². The van der Waals surface area contributed by atoms with Crippen LogP contribution in [-0.4, -0.2) is 46.5 Å². The molecule has 1 saturated carbocycles. The summed E-state index contributed by atoms with van der Waals surface area (Å²) in [6.45, 7) is 1.56. The average Bonchev–Trinajstić information content (AvgIpc) is 3.06. The van der Waals surface area contributed by atoms with E-state index in [0.29, 0.717) is 12.4 Å². The molecule has 1 aromatic rings. The number of aryl methyl sites for hydroxylation is 1. The van der Waals surface area contributed by atoms with E-state index >= 15 is 0 Å². The van der Waals surface area contributed by atoms with Crippen molar-refractivity contribution in [3.05, 3.63) is 12.7 Å². The lowest BCUT2D eigenvalue weighted by molar-refractivity contribution is -0.183. The molecule has 1 aliphatic carbocycles.